The number of benzene rings is 1. The van der Waals surface area contributed by atoms with Gasteiger partial charge in [0, 0.05) is 30.4 Å². The molecule has 0 fully saturated rings. The van der Waals surface area contributed by atoms with E-state index in [1.807, 2.05) is 25.3 Å². The molecule has 1 aromatic heterocycles. The Hall–Kier alpha value is -2.20. The molecule has 4 heteroatoms. The Bertz CT molecular complexity index is 770. The summed E-state index contributed by atoms with van der Waals surface area (Å²) in [5, 5.41) is 3.02. The Kier molecular flexibility index (Phi) is 5.49. The summed E-state index contributed by atoms with van der Waals surface area (Å²) in [6.45, 7) is 5.34. The van der Waals surface area contributed by atoms with E-state index in [2.05, 4.69) is 29.4 Å². The van der Waals surface area contributed by atoms with Gasteiger partial charge in [-0.15, -0.1) is 0 Å². The molecule has 3 N–H and O–H groups in total. The maximum absolute atomic E-state index is 12.5. The molecule has 4 nitrogen and oxygen atoms in total. The van der Waals surface area contributed by atoms with Crippen LogP contribution in [0.1, 0.15) is 57.1 Å². The third kappa shape index (κ3) is 4.07. The van der Waals surface area contributed by atoms with Crippen molar-refractivity contribution in [2.24, 2.45) is 5.73 Å². The summed E-state index contributed by atoms with van der Waals surface area (Å²) < 4.78 is 0. The quantitative estimate of drug-likeness (QED) is 0.881. The lowest BCUT2D eigenvalue weighted by Crippen LogP contribution is -2.27. The standard InChI is InChI=1S/C21H27N3O/c1-14-10-15(2)20(24-13-14)8-9-23-21(25)17-7-6-16-4-3-5-18(12-22)19(16)11-17/h6-7,10-11,13,18H,3-5,8-9,12,22H2,1-2H3,(H,23,25). The molecule has 0 aliphatic heterocycles. The first-order valence-electron chi connectivity index (χ1n) is 9.11. The van der Waals surface area contributed by atoms with Gasteiger partial charge in [-0.2, -0.15) is 0 Å². The number of aromatic nitrogens is 1. The van der Waals surface area contributed by atoms with Crippen molar-refractivity contribution in [1.29, 1.82) is 0 Å². The Morgan fingerprint density at radius 3 is 2.92 bits per heavy atom. The number of aryl methyl sites for hydroxylation is 3. The van der Waals surface area contributed by atoms with E-state index in [0.29, 0.717) is 19.0 Å². The van der Waals surface area contributed by atoms with Crippen molar-refractivity contribution in [3.8, 4) is 0 Å². The normalized spacial score (nSPS) is 16.4. The highest BCUT2D eigenvalue weighted by atomic mass is 16.1. The molecule has 1 heterocycles. The summed E-state index contributed by atoms with van der Waals surface area (Å²) in [5.74, 6) is 0.366. The lowest BCUT2D eigenvalue weighted by Gasteiger charge is -2.24. The lowest BCUT2D eigenvalue weighted by molar-refractivity contribution is 0.0954. The molecule has 0 radical (unpaired) electrons. The number of pyridine rings is 1. The lowest BCUT2D eigenvalue weighted by atomic mass is 9.82. The first-order valence-corrected chi connectivity index (χ1v) is 9.11. The molecule has 2 aromatic rings. The number of hydrogen-bond acceptors (Lipinski definition) is 3. The van der Waals surface area contributed by atoms with Gasteiger partial charge in [-0.25, -0.2) is 0 Å². The Balaban J connectivity index is 1.63. The number of amides is 1. The summed E-state index contributed by atoms with van der Waals surface area (Å²) in [6, 6.07) is 8.19. The summed E-state index contributed by atoms with van der Waals surface area (Å²) in [4.78, 5) is 17.0. The second-order valence-corrected chi connectivity index (χ2v) is 7.02. The van der Waals surface area contributed by atoms with Crippen LogP contribution in [0.4, 0.5) is 0 Å². The number of nitrogens with one attached hydrogen (secondary N) is 1. The van der Waals surface area contributed by atoms with E-state index in [4.69, 9.17) is 5.73 Å². The average molecular weight is 337 g/mol. The van der Waals surface area contributed by atoms with Gasteiger partial charge in [0.1, 0.15) is 0 Å². The van der Waals surface area contributed by atoms with Crippen LogP contribution in [-0.4, -0.2) is 24.0 Å². The molecular weight excluding hydrogens is 310 g/mol. The molecule has 1 atom stereocenters. The van der Waals surface area contributed by atoms with Gasteiger partial charge in [-0.1, -0.05) is 12.1 Å². The first-order chi connectivity index (χ1) is 12.1. The zero-order valence-corrected chi connectivity index (χ0v) is 15.1. The highest BCUT2D eigenvalue weighted by Crippen LogP contribution is 2.31. The molecular formula is C21H27N3O. The summed E-state index contributed by atoms with van der Waals surface area (Å²) in [6.07, 6.45) is 6.01. The van der Waals surface area contributed by atoms with E-state index < -0.39 is 0 Å². The van der Waals surface area contributed by atoms with Crippen LogP contribution in [0.3, 0.4) is 0 Å². The fourth-order valence-corrected chi connectivity index (χ4v) is 3.68. The first kappa shape index (κ1) is 17.6. The van der Waals surface area contributed by atoms with Crippen molar-refractivity contribution in [2.75, 3.05) is 13.1 Å². The zero-order chi connectivity index (χ0) is 17.8. The number of rotatable bonds is 5. The minimum atomic E-state index is -0.0195. The van der Waals surface area contributed by atoms with E-state index >= 15 is 0 Å². The average Bonchev–Trinajstić information content (AvgIpc) is 2.62. The minimum absolute atomic E-state index is 0.0195. The summed E-state index contributed by atoms with van der Waals surface area (Å²) in [5.41, 5.74) is 12.6. The second kappa shape index (κ2) is 7.79. The van der Waals surface area contributed by atoms with Crippen LogP contribution >= 0.6 is 0 Å². The smallest absolute Gasteiger partial charge is 0.251 e. The molecule has 3 rings (SSSR count). The van der Waals surface area contributed by atoms with Gasteiger partial charge in [0.05, 0.1) is 0 Å². The highest BCUT2D eigenvalue weighted by Gasteiger charge is 2.20. The highest BCUT2D eigenvalue weighted by molar-refractivity contribution is 5.94. The van der Waals surface area contributed by atoms with Gasteiger partial charge >= 0.3 is 0 Å². The van der Waals surface area contributed by atoms with E-state index in [0.717, 1.165) is 36.1 Å². The Morgan fingerprint density at radius 2 is 2.16 bits per heavy atom. The SMILES string of the molecule is Cc1cnc(CCNC(=O)c2ccc3c(c2)C(CN)CCC3)c(C)c1. The van der Waals surface area contributed by atoms with Crippen LogP contribution in [0.5, 0.6) is 0 Å². The molecule has 25 heavy (non-hydrogen) atoms. The molecule has 0 bridgehead atoms. The van der Waals surface area contributed by atoms with Crippen molar-refractivity contribution >= 4 is 5.91 Å². The number of hydrogen-bond donors (Lipinski definition) is 2. The van der Waals surface area contributed by atoms with Gasteiger partial charge in [0.15, 0.2) is 0 Å². The van der Waals surface area contributed by atoms with Crippen LogP contribution in [0.15, 0.2) is 30.5 Å². The van der Waals surface area contributed by atoms with Crippen LogP contribution in [0, 0.1) is 13.8 Å². The van der Waals surface area contributed by atoms with Crippen molar-refractivity contribution in [1.82, 2.24) is 10.3 Å². The Labute approximate surface area is 149 Å². The summed E-state index contributed by atoms with van der Waals surface area (Å²) in [7, 11) is 0. The van der Waals surface area contributed by atoms with Crippen LogP contribution < -0.4 is 11.1 Å². The van der Waals surface area contributed by atoms with Gasteiger partial charge in [0.25, 0.3) is 5.91 Å². The van der Waals surface area contributed by atoms with E-state index in [1.54, 1.807) is 0 Å². The van der Waals surface area contributed by atoms with Crippen molar-refractivity contribution in [3.05, 3.63) is 64.0 Å². The van der Waals surface area contributed by atoms with Gasteiger partial charge in [-0.05, 0) is 80.0 Å². The molecule has 0 spiro atoms. The maximum Gasteiger partial charge on any atom is 0.251 e. The van der Waals surface area contributed by atoms with Crippen molar-refractivity contribution in [3.63, 3.8) is 0 Å². The number of fused-ring (bicyclic) bond motifs is 1. The maximum atomic E-state index is 12.5. The fraction of sp³-hybridized carbons (Fsp3) is 0.429. The summed E-state index contributed by atoms with van der Waals surface area (Å²) >= 11 is 0. The third-order valence-electron chi connectivity index (χ3n) is 5.10. The largest absolute Gasteiger partial charge is 0.352 e. The molecule has 1 aromatic carbocycles. The monoisotopic (exact) mass is 337 g/mol. The zero-order valence-electron chi connectivity index (χ0n) is 15.1. The predicted molar refractivity (Wildman–Crippen MR) is 101 cm³/mol. The number of nitrogens with two attached hydrogens (primary N) is 1. The van der Waals surface area contributed by atoms with Crippen LogP contribution in [0.2, 0.25) is 0 Å². The van der Waals surface area contributed by atoms with Crippen LogP contribution in [0.25, 0.3) is 0 Å². The van der Waals surface area contributed by atoms with Gasteiger partial charge in [-0.3, -0.25) is 9.78 Å². The predicted octanol–water partition coefficient (Wildman–Crippen LogP) is 3.05. The van der Waals surface area contributed by atoms with Gasteiger partial charge < -0.3 is 11.1 Å². The molecule has 1 aliphatic carbocycles. The second-order valence-electron chi connectivity index (χ2n) is 7.02. The molecule has 0 saturated heterocycles. The number of carbonyl (C=O) groups excluding carboxylic acids is 1. The van der Waals surface area contributed by atoms with Crippen molar-refractivity contribution in [2.45, 2.75) is 45.4 Å². The third-order valence-corrected chi connectivity index (χ3v) is 5.10. The fourth-order valence-electron chi connectivity index (χ4n) is 3.68. The molecule has 132 valence electrons. The minimum Gasteiger partial charge on any atom is -0.352 e. The Morgan fingerprint density at radius 1 is 1.32 bits per heavy atom. The van der Waals surface area contributed by atoms with E-state index in [9.17, 15) is 4.79 Å². The van der Waals surface area contributed by atoms with Crippen LogP contribution in [-0.2, 0) is 12.8 Å². The molecule has 1 unspecified atom stereocenters. The van der Waals surface area contributed by atoms with E-state index in [1.165, 1.54) is 23.1 Å². The number of carbonyl (C=O) groups is 1. The molecule has 0 saturated carbocycles. The van der Waals surface area contributed by atoms with E-state index in [-0.39, 0.29) is 5.91 Å². The van der Waals surface area contributed by atoms with Gasteiger partial charge in [0.2, 0.25) is 0 Å². The molecule has 1 aliphatic rings. The van der Waals surface area contributed by atoms with Crippen molar-refractivity contribution < 1.29 is 4.79 Å². The topological polar surface area (TPSA) is 68.0 Å². The number of nitrogens with zero attached hydrogens (tertiary/aromatic N) is 1. The molecule has 1 amide bonds.